The van der Waals surface area contributed by atoms with Crippen molar-refractivity contribution in [2.24, 2.45) is 0 Å². The molecule has 0 radical (unpaired) electrons. The maximum atomic E-state index is 13.2. The Morgan fingerprint density at radius 3 is 2.69 bits per heavy atom. The number of hydrogen-bond donors (Lipinski definition) is 3. The molecule has 12 heteroatoms. The summed E-state index contributed by atoms with van der Waals surface area (Å²) in [6.45, 7) is 0.296. The Balaban J connectivity index is 1.29. The molecule has 0 unspecified atom stereocenters. The van der Waals surface area contributed by atoms with Crippen molar-refractivity contribution in [3.63, 3.8) is 0 Å². The molecule has 0 spiro atoms. The van der Waals surface area contributed by atoms with Crippen molar-refractivity contribution in [2.75, 3.05) is 18.8 Å². The number of carboxylic acids is 1. The summed E-state index contributed by atoms with van der Waals surface area (Å²) in [5.74, 6) is -1.85. The van der Waals surface area contributed by atoms with Gasteiger partial charge in [0.05, 0.1) is 26.8 Å². The first kappa shape index (κ1) is 27.1. The van der Waals surface area contributed by atoms with E-state index in [0.29, 0.717) is 40.1 Å². The number of benzene rings is 2. The maximum absolute atomic E-state index is 13.2. The third-order valence-corrected chi connectivity index (χ3v) is 8.44. The van der Waals surface area contributed by atoms with Crippen LogP contribution in [0, 0.1) is 0 Å². The lowest BCUT2D eigenvalue weighted by molar-refractivity contribution is -0.139. The number of nitrogens with one attached hydrogen (secondary N) is 2. The molecule has 9 nitrogen and oxygen atoms in total. The number of rotatable bonds is 7. The van der Waals surface area contributed by atoms with E-state index in [1.165, 1.54) is 11.8 Å². The average molecular weight is 588 g/mol. The van der Waals surface area contributed by atoms with Crippen LogP contribution < -0.4 is 10.6 Å². The minimum absolute atomic E-state index is 0.0308. The molecule has 0 bridgehead atoms. The number of amides is 3. The van der Waals surface area contributed by atoms with E-state index in [2.05, 4.69) is 10.6 Å². The van der Waals surface area contributed by atoms with Gasteiger partial charge >= 0.3 is 5.97 Å². The molecule has 2 aliphatic rings. The first-order valence-electron chi connectivity index (χ1n) is 12.1. The van der Waals surface area contributed by atoms with Gasteiger partial charge in [0.1, 0.15) is 11.6 Å². The van der Waals surface area contributed by atoms with Gasteiger partial charge in [-0.05, 0) is 48.2 Å². The Morgan fingerprint density at radius 2 is 1.95 bits per heavy atom. The molecule has 1 atom stereocenters. The van der Waals surface area contributed by atoms with E-state index >= 15 is 0 Å². The second-order valence-electron chi connectivity index (χ2n) is 9.11. The van der Waals surface area contributed by atoms with Crippen LogP contribution in [0.4, 0.5) is 0 Å². The van der Waals surface area contributed by atoms with E-state index < -0.39 is 17.9 Å². The van der Waals surface area contributed by atoms with Crippen LogP contribution >= 0.6 is 35.0 Å². The van der Waals surface area contributed by atoms with Gasteiger partial charge in [-0.15, -0.1) is 11.8 Å². The van der Waals surface area contributed by atoms with Crippen LogP contribution in [0.5, 0.6) is 0 Å². The van der Waals surface area contributed by atoms with Crippen molar-refractivity contribution >= 4 is 69.6 Å². The Morgan fingerprint density at radius 1 is 1.13 bits per heavy atom. The van der Waals surface area contributed by atoms with Gasteiger partial charge in [0.25, 0.3) is 17.7 Å². The highest BCUT2D eigenvalue weighted by molar-refractivity contribution is 8.04. The van der Waals surface area contributed by atoms with Gasteiger partial charge in [-0.3, -0.25) is 14.4 Å². The standard InChI is InChI=1S/C27H23Cl2N3O6S/c28-18-10-16-13-32(26(35)15-4-3-14-6-8-38-20(14)11-15)7-5-17(16)23(29)22(18)25(34)31-19(27(36)37)12-30-24(33)21-2-1-9-39-21/h2-4,6,8,10-11,19H,1,5,7,9,12-13H2,(H,30,33)(H,31,34)(H,36,37)/t19-/m0/s1. The van der Waals surface area contributed by atoms with Crippen LogP contribution in [0.15, 0.2) is 52.0 Å². The van der Waals surface area contributed by atoms with Crippen molar-refractivity contribution < 1.29 is 28.7 Å². The van der Waals surface area contributed by atoms with E-state index in [1.54, 1.807) is 35.4 Å². The van der Waals surface area contributed by atoms with Crippen LogP contribution in [0.3, 0.4) is 0 Å². The second kappa shape index (κ2) is 11.3. The average Bonchev–Trinajstić information content (AvgIpc) is 3.62. The van der Waals surface area contributed by atoms with Gasteiger partial charge in [-0.25, -0.2) is 4.79 Å². The number of carboxylic acid groups (broad SMARTS) is 1. The number of nitrogens with zero attached hydrogens (tertiary/aromatic N) is 1. The molecule has 3 amide bonds. The first-order chi connectivity index (χ1) is 18.7. The van der Waals surface area contributed by atoms with Crippen LogP contribution in [0.2, 0.25) is 10.0 Å². The summed E-state index contributed by atoms with van der Waals surface area (Å²) in [7, 11) is 0. The molecule has 39 heavy (non-hydrogen) atoms. The lowest BCUT2D eigenvalue weighted by atomic mass is 9.96. The Bertz CT molecular complexity index is 1540. The molecule has 2 aliphatic heterocycles. The van der Waals surface area contributed by atoms with Gasteiger partial charge in [0.15, 0.2) is 0 Å². The number of carbonyl (C=O) groups excluding carboxylic acids is 3. The van der Waals surface area contributed by atoms with E-state index in [0.717, 1.165) is 17.6 Å². The smallest absolute Gasteiger partial charge is 0.328 e. The number of halogens is 2. The summed E-state index contributed by atoms with van der Waals surface area (Å²) in [6.07, 6.45) is 4.50. The molecule has 5 rings (SSSR count). The SMILES string of the molecule is O=C(NC[C@H](NC(=O)c1c(Cl)cc2c(c1Cl)CCN(C(=O)c1ccc3ccoc3c1)C2)C(=O)O)C1=CCCS1. The topological polar surface area (TPSA) is 129 Å². The zero-order valence-corrected chi connectivity index (χ0v) is 22.8. The third-order valence-electron chi connectivity index (χ3n) is 6.62. The van der Waals surface area contributed by atoms with Gasteiger partial charge in [-0.1, -0.05) is 35.3 Å². The number of fused-ring (bicyclic) bond motifs is 2. The lowest BCUT2D eigenvalue weighted by Crippen LogP contribution is -2.48. The first-order valence-corrected chi connectivity index (χ1v) is 13.9. The number of furan rings is 1. The van der Waals surface area contributed by atoms with Crippen molar-refractivity contribution in [1.29, 1.82) is 0 Å². The summed E-state index contributed by atoms with van der Waals surface area (Å²) in [4.78, 5) is 52.5. The van der Waals surface area contributed by atoms with Gasteiger partial charge < -0.3 is 25.1 Å². The van der Waals surface area contributed by atoms with Crippen molar-refractivity contribution in [2.45, 2.75) is 25.4 Å². The highest BCUT2D eigenvalue weighted by atomic mass is 35.5. The second-order valence-corrected chi connectivity index (χ2v) is 11.0. The Kier molecular flexibility index (Phi) is 7.88. The van der Waals surface area contributed by atoms with E-state index in [9.17, 15) is 24.3 Å². The molecule has 1 aromatic heterocycles. The number of thioether (sulfide) groups is 1. The largest absolute Gasteiger partial charge is 0.480 e. The van der Waals surface area contributed by atoms with Crippen LogP contribution in [0.25, 0.3) is 11.0 Å². The summed E-state index contributed by atoms with van der Waals surface area (Å²) >= 11 is 14.4. The van der Waals surface area contributed by atoms with E-state index in [4.69, 9.17) is 27.6 Å². The number of aliphatic carboxylic acids is 1. The number of allylic oxidation sites excluding steroid dienone is 1. The summed E-state index contributed by atoms with van der Waals surface area (Å²) in [5.41, 5.74) is 2.43. The molecule has 0 saturated heterocycles. The van der Waals surface area contributed by atoms with Gasteiger partial charge in [0.2, 0.25) is 0 Å². The highest BCUT2D eigenvalue weighted by Gasteiger charge is 2.30. The number of hydrogen-bond acceptors (Lipinski definition) is 6. The van der Waals surface area contributed by atoms with E-state index in [-0.39, 0.29) is 40.5 Å². The molecular formula is C27H23Cl2N3O6S. The monoisotopic (exact) mass is 587 g/mol. The summed E-state index contributed by atoms with van der Waals surface area (Å²) < 4.78 is 5.41. The van der Waals surface area contributed by atoms with Crippen molar-refractivity contribution in [1.82, 2.24) is 15.5 Å². The van der Waals surface area contributed by atoms with Crippen LogP contribution in [0.1, 0.15) is 38.3 Å². The fraction of sp³-hybridized carbons (Fsp3) is 0.259. The van der Waals surface area contributed by atoms with Gasteiger partial charge in [-0.2, -0.15) is 0 Å². The highest BCUT2D eigenvalue weighted by Crippen LogP contribution is 2.35. The van der Waals surface area contributed by atoms with Crippen LogP contribution in [-0.4, -0.2) is 58.6 Å². The molecule has 0 saturated carbocycles. The number of carbonyl (C=O) groups is 4. The van der Waals surface area contributed by atoms with Gasteiger partial charge in [0, 0.05) is 36.3 Å². The van der Waals surface area contributed by atoms with Crippen molar-refractivity contribution in [3.8, 4) is 0 Å². The predicted molar refractivity (Wildman–Crippen MR) is 148 cm³/mol. The molecule has 0 fully saturated rings. The molecular weight excluding hydrogens is 565 g/mol. The molecule has 2 aromatic carbocycles. The lowest BCUT2D eigenvalue weighted by Gasteiger charge is -2.30. The van der Waals surface area contributed by atoms with Crippen LogP contribution in [-0.2, 0) is 22.6 Å². The minimum atomic E-state index is -1.39. The quantitative estimate of drug-likeness (QED) is 0.376. The maximum Gasteiger partial charge on any atom is 0.328 e. The summed E-state index contributed by atoms with van der Waals surface area (Å²) in [5, 5.41) is 15.6. The third kappa shape index (κ3) is 5.63. The minimum Gasteiger partial charge on any atom is -0.480 e. The normalized spacial score (nSPS) is 15.4. The fourth-order valence-electron chi connectivity index (χ4n) is 4.59. The molecule has 0 aliphatic carbocycles. The zero-order chi connectivity index (χ0) is 27.7. The zero-order valence-electron chi connectivity index (χ0n) is 20.5. The molecule has 202 valence electrons. The fourth-order valence-corrected chi connectivity index (χ4v) is 6.25. The Labute approximate surface area is 237 Å². The molecule has 3 N–H and O–H groups in total. The predicted octanol–water partition coefficient (Wildman–Crippen LogP) is 4.26. The molecule has 3 aromatic rings. The molecule has 3 heterocycles. The van der Waals surface area contributed by atoms with E-state index in [1.807, 2.05) is 12.1 Å². The summed E-state index contributed by atoms with van der Waals surface area (Å²) in [6, 6.07) is 7.27. The van der Waals surface area contributed by atoms with Crippen molar-refractivity contribution in [3.05, 3.63) is 79.9 Å². The Hall–Kier alpha value is -3.47.